The Kier molecular flexibility index (Phi) is 4.11. The van der Waals surface area contributed by atoms with Gasteiger partial charge in [-0.3, -0.25) is 4.57 Å². The van der Waals surface area contributed by atoms with Gasteiger partial charge in [0.15, 0.2) is 8.46 Å². The van der Waals surface area contributed by atoms with Gasteiger partial charge in [0.25, 0.3) is 0 Å². The van der Waals surface area contributed by atoms with E-state index in [0.717, 1.165) is 22.4 Å². The van der Waals surface area contributed by atoms with Crippen molar-refractivity contribution in [1.82, 2.24) is 0 Å². The van der Waals surface area contributed by atoms with E-state index in [1.807, 2.05) is 55.5 Å². The van der Waals surface area contributed by atoms with Crippen LogP contribution in [0.5, 0.6) is 5.75 Å². The van der Waals surface area contributed by atoms with Crippen LogP contribution in [0, 0.1) is 6.92 Å². The fourth-order valence-corrected chi connectivity index (χ4v) is 2.80. The van der Waals surface area contributed by atoms with Crippen molar-refractivity contribution in [2.45, 2.75) is 12.6 Å². The number of methoxy groups -OCH3 is 1. The number of rotatable bonds is 4. The highest BCUT2D eigenvalue weighted by Crippen LogP contribution is 2.40. The molecule has 1 atom stereocenters. The molecule has 2 aromatic rings. The summed E-state index contributed by atoms with van der Waals surface area (Å²) in [5.74, 6) is 0.772. The van der Waals surface area contributed by atoms with Crippen LogP contribution < -0.4 is 4.74 Å². The standard InChI is InChI=1S/C15H15O2P/c1-11-7-3-4-8-12(11)15(18-16)13-9-5-6-10-14(13)17-2/h3-10,15H,1-2H3. The summed E-state index contributed by atoms with van der Waals surface area (Å²) in [6, 6.07) is 15.7. The smallest absolute Gasteiger partial charge is 0.168 e. The topological polar surface area (TPSA) is 26.3 Å². The predicted octanol–water partition coefficient (Wildman–Crippen LogP) is 4.38. The predicted molar refractivity (Wildman–Crippen MR) is 73.6 cm³/mol. The average Bonchev–Trinajstić information content (AvgIpc) is 2.42. The van der Waals surface area contributed by atoms with Gasteiger partial charge in [0.05, 0.1) is 12.8 Å². The molecule has 0 saturated heterocycles. The van der Waals surface area contributed by atoms with Crippen molar-refractivity contribution in [2.24, 2.45) is 0 Å². The number of ether oxygens (including phenoxy) is 1. The van der Waals surface area contributed by atoms with Gasteiger partial charge in [0.2, 0.25) is 0 Å². The molecular formula is C15H15O2P. The Bertz CT molecular complexity index is 552. The first-order valence-corrected chi connectivity index (χ1v) is 6.67. The Hall–Kier alpha value is -1.66. The zero-order chi connectivity index (χ0) is 13.0. The van der Waals surface area contributed by atoms with E-state index in [4.69, 9.17) is 4.74 Å². The van der Waals surface area contributed by atoms with Gasteiger partial charge in [-0.05, 0) is 24.1 Å². The van der Waals surface area contributed by atoms with E-state index in [1.54, 1.807) is 7.11 Å². The normalized spacial score (nSPS) is 12.3. The second-order valence-electron chi connectivity index (χ2n) is 4.11. The Balaban J connectivity index is 2.52. The number of para-hydroxylation sites is 1. The van der Waals surface area contributed by atoms with Crippen LogP contribution in [0.1, 0.15) is 22.3 Å². The van der Waals surface area contributed by atoms with Crippen LogP contribution in [0.2, 0.25) is 0 Å². The number of hydrogen-bond donors (Lipinski definition) is 0. The van der Waals surface area contributed by atoms with Gasteiger partial charge in [0, 0.05) is 5.56 Å². The zero-order valence-corrected chi connectivity index (χ0v) is 11.4. The average molecular weight is 258 g/mol. The van der Waals surface area contributed by atoms with Gasteiger partial charge >= 0.3 is 0 Å². The summed E-state index contributed by atoms with van der Waals surface area (Å²) in [5.41, 5.74) is 2.98. The summed E-state index contributed by atoms with van der Waals surface area (Å²) in [6.45, 7) is 2.03. The quantitative estimate of drug-likeness (QED) is 0.760. The highest BCUT2D eigenvalue weighted by atomic mass is 31.1. The summed E-state index contributed by atoms with van der Waals surface area (Å²) in [7, 11) is 1.71. The summed E-state index contributed by atoms with van der Waals surface area (Å²) >= 11 is 0. The molecule has 0 aliphatic carbocycles. The Morgan fingerprint density at radius 3 is 2.22 bits per heavy atom. The SMILES string of the molecule is COc1ccccc1C(P=O)c1ccccc1C. The molecule has 18 heavy (non-hydrogen) atoms. The molecule has 0 aliphatic heterocycles. The molecule has 3 heteroatoms. The van der Waals surface area contributed by atoms with Gasteiger partial charge in [-0.1, -0.05) is 42.5 Å². The molecule has 0 N–H and O–H groups in total. The van der Waals surface area contributed by atoms with E-state index >= 15 is 0 Å². The first-order chi connectivity index (χ1) is 8.77. The van der Waals surface area contributed by atoms with Gasteiger partial charge in [-0.15, -0.1) is 0 Å². The molecule has 2 rings (SSSR count). The molecule has 0 heterocycles. The van der Waals surface area contributed by atoms with E-state index in [-0.39, 0.29) is 14.1 Å². The molecular weight excluding hydrogens is 243 g/mol. The molecule has 1 unspecified atom stereocenters. The van der Waals surface area contributed by atoms with Gasteiger partial charge < -0.3 is 4.74 Å². The third-order valence-electron chi connectivity index (χ3n) is 3.02. The van der Waals surface area contributed by atoms with Crippen molar-refractivity contribution in [3.8, 4) is 5.75 Å². The third-order valence-corrected chi connectivity index (χ3v) is 3.79. The maximum absolute atomic E-state index is 11.6. The monoisotopic (exact) mass is 258 g/mol. The lowest BCUT2D eigenvalue weighted by Crippen LogP contribution is -1.99. The van der Waals surface area contributed by atoms with Crippen molar-refractivity contribution >= 4 is 8.46 Å². The van der Waals surface area contributed by atoms with E-state index < -0.39 is 0 Å². The first kappa shape index (κ1) is 12.8. The minimum Gasteiger partial charge on any atom is -0.496 e. The molecule has 0 amide bonds. The maximum atomic E-state index is 11.6. The Labute approximate surface area is 109 Å². The zero-order valence-electron chi connectivity index (χ0n) is 10.5. The highest BCUT2D eigenvalue weighted by molar-refractivity contribution is 7.24. The number of hydrogen-bond acceptors (Lipinski definition) is 2. The van der Waals surface area contributed by atoms with Gasteiger partial charge in [0.1, 0.15) is 5.75 Å². The summed E-state index contributed by atoms with van der Waals surface area (Å²) < 4.78 is 16.9. The van der Waals surface area contributed by atoms with Crippen molar-refractivity contribution in [2.75, 3.05) is 7.11 Å². The lowest BCUT2D eigenvalue weighted by atomic mass is 9.99. The lowest BCUT2D eigenvalue weighted by molar-refractivity contribution is 0.410. The van der Waals surface area contributed by atoms with Crippen LogP contribution in [0.4, 0.5) is 0 Å². The van der Waals surface area contributed by atoms with Crippen LogP contribution in [0.3, 0.4) is 0 Å². The fourth-order valence-electron chi connectivity index (χ4n) is 2.07. The van der Waals surface area contributed by atoms with Crippen LogP contribution in [0.15, 0.2) is 48.5 Å². The van der Waals surface area contributed by atoms with Crippen LogP contribution >= 0.6 is 8.46 Å². The molecule has 0 saturated carbocycles. The fraction of sp³-hybridized carbons (Fsp3) is 0.200. The Morgan fingerprint density at radius 2 is 1.61 bits per heavy atom. The lowest BCUT2D eigenvalue weighted by Gasteiger charge is -2.15. The van der Waals surface area contributed by atoms with Crippen LogP contribution in [-0.4, -0.2) is 7.11 Å². The molecule has 0 radical (unpaired) electrons. The molecule has 2 nitrogen and oxygen atoms in total. The second-order valence-corrected chi connectivity index (χ2v) is 4.83. The molecule has 2 aromatic carbocycles. The van der Waals surface area contributed by atoms with Crippen molar-refractivity contribution in [1.29, 1.82) is 0 Å². The molecule has 92 valence electrons. The summed E-state index contributed by atoms with van der Waals surface area (Å²) in [5, 5.41) is 0. The Morgan fingerprint density at radius 1 is 1.00 bits per heavy atom. The van der Waals surface area contributed by atoms with E-state index in [9.17, 15) is 4.57 Å². The molecule has 0 aromatic heterocycles. The highest BCUT2D eigenvalue weighted by Gasteiger charge is 2.19. The van der Waals surface area contributed by atoms with Crippen LogP contribution in [-0.2, 0) is 4.57 Å². The van der Waals surface area contributed by atoms with Gasteiger partial charge in [-0.2, -0.15) is 0 Å². The van der Waals surface area contributed by atoms with E-state index in [1.165, 1.54) is 0 Å². The largest absolute Gasteiger partial charge is 0.496 e. The molecule has 0 fully saturated rings. The molecule has 0 spiro atoms. The maximum Gasteiger partial charge on any atom is 0.168 e. The first-order valence-electron chi connectivity index (χ1n) is 5.79. The van der Waals surface area contributed by atoms with Crippen molar-refractivity contribution < 1.29 is 9.30 Å². The number of benzene rings is 2. The minimum absolute atomic E-state index is 0.0797. The second kappa shape index (κ2) is 5.79. The van der Waals surface area contributed by atoms with Crippen molar-refractivity contribution in [3.05, 3.63) is 65.2 Å². The van der Waals surface area contributed by atoms with Crippen LogP contribution in [0.25, 0.3) is 0 Å². The molecule has 0 bridgehead atoms. The minimum atomic E-state index is -0.178. The van der Waals surface area contributed by atoms with E-state index in [2.05, 4.69) is 0 Å². The summed E-state index contributed by atoms with van der Waals surface area (Å²) in [6.07, 6.45) is 0. The third kappa shape index (κ3) is 2.44. The molecule has 0 aliphatic rings. The van der Waals surface area contributed by atoms with E-state index in [0.29, 0.717) is 0 Å². The number of aryl methyl sites for hydroxylation is 1. The summed E-state index contributed by atoms with van der Waals surface area (Å²) in [4.78, 5) is 0. The van der Waals surface area contributed by atoms with Crippen molar-refractivity contribution in [3.63, 3.8) is 0 Å². The van der Waals surface area contributed by atoms with Gasteiger partial charge in [-0.25, -0.2) is 0 Å².